The minimum Gasteiger partial charge on any atom is -0.309 e. The van der Waals surface area contributed by atoms with Crippen LogP contribution in [0.5, 0.6) is 0 Å². The summed E-state index contributed by atoms with van der Waals surface area (Å²) in [5.74, 6) is 1.27. The number of hydrogen-bond acceptors (Lipinski definition) is 4. The lowest BCUT2D eigenvalue weighted by molar-refractivity contribution is 0.538. The summed E-state index contributed by atoms with van der Waals surface area (Å²) in [6, 6.07) is 7.00. The predicted molar refractivity (Wildman–Crippen MR) is 84.3 cm³/mol. The molecule has 6 heteroatoms. The van der Waals surface area contributed by atoms with Gasteiger partial charge in [0.25, 0.3) is 0 Å². The van der Waals surface area contributed by atoms with E-state index < -0.39 is 10.0 Å². The van der Waals surface area contributed by atoms with Crippen LogP contribution in [0.4, 0.5) is 0 Å². The van der Waals surface area contributed by atoms with Crippen molar-refractivity contribution >= 4 is 21.8 Å². The lowest BCUT2D eigenvalue weighted by atomic mass is 10.1. The van der Waals surface area contributed by atoms with E-state index in [-0.39, 0.29) is 10.9 Å². The second kappa shape index (κ2) is 6.93. The van der Waals surface area contributed by atoms with Crippen molar-refractivity contribution in [1.82, 2.24) is 5.32 Å². The zero-order chi connectivity index (χ0) is 14.6. The van der Waals surface area contributed by atoms with Crippen molar-refractivity contribution in [1.29, 1.82) is 0 Å². The normalized spacial score (nSPS) is 21.6. The van der Waals surface area contributed by atoms with E-state index in [1.807, 2.05) is 23.9 Å². The molecule has 1 aromatic carbocycles. The van der Waals surface area contributed by atoms with Gasteiger partial charge in [0.05, 0.1) is 4.90 Å². The summed E-state index contributed by atoms with van der Waals surface area (Å²) >= 11 is 2.05. The van der Waals surface area contributed by atoms with Gasteiger partial charge in [-0.15, -0.1) is 0 Å². The quantitative estimate of drug-likeness (QED) is 0.874. The molecule has 0 amide bonds. The third-order valence-corrected chi connectivity index (χ3v) is 5.96. The molecule has 3 N–H and O–H groups in total. The molecule has 2 rings (SSSR count). The van der Waals surface area contributed by atoms with Gasteiger partial charge in [-0.25, -0.2) is 13.6 Å². The molecule has 2 atom stereocenters. The SMILES string of the molecule is CC(NCC1CCCCS1)c1ccc(S(N)(=O)=O)cc1. The van der Waals surface area contributed by atoms with Crippen LogP contribution in [0.2, 0.25) is 0 Å². The Balaban J connectivity index is 1.90. The van der Waals surface area contributed by atoms with E-state index in [2.05, 4.69) is 12.2 Å². The highest BCUT2D eigenvalue weighted by Gasteiger charge is 2.15. The largest absolute Gasteiger partial charge is 0.309 e. The topological polar surface area (TPSA) is 72.2 Å². The van der Waals surface area contributed by atoms with Gasteiger partial charge in [0.15, 0.2) is 0 Å². The maximum atomic E-state index is 11.2. The van der Waals surface area contributed by atoms with Gasteiger partial charge in [0.2, 0.25) is 10.0 Å². The lowest BCUT2D eigenvalue weighted by Crippen LogP contribution is -2.29. The summed E-state index contributed by atoms with van der Waals surface area (Å²) in [6.45, 7) is 3.10. The summed E-state index contributed by atoms with van der Waals surface area (Å²) in [5.41, 5.74) is 1.08. The van der Waals surface area contributed by atoms with Gasteiger partial charge in [-0.05, 0) is 43.2 Å². The van der Waals surface area contributed by atoms with Crippen molar-refractivity contribution in [2.24, 2.45) is 5.14 Å². The maximum absolute atomic E-state index is 11.2. The monoisotopic (exact) mass is 314 g/mol. The molecule has 0 aromatic heterocycles. The highest BCUT2D eigenvalue weighted by atomic mass is 32.2. The zero-order valence-electron chi connectivity index (χ0n) is 11.7. The predicted octanol–water partition coefficient (Wildman–Crippen LogP) is 2.27. The number of nitrogens with two attached hydrogens (primary N) is 1. The van der Waals surface area contributed by atoms with Crippen molar-refractivity contribution in [3.63, 3.8) is 0 Å². The van der Waals surface area contributed by atoms with Crippen LogP contribution in [-0.2, 0) is 10.0 Å². The second-order valence-electron chi connectivity index (χ2n) is 5.23. The highest BCUT2D eigenvalue weighted by molar-refractivity contribution is 7.99. The standard InChI is InChI=1S/C14H22N2O2S2/c1-11(16-10-13-4-2-3-9-19-13)12-5-7-14(8-6-12)20(15,17)18/h5-8,11,13,16H,2-4,9-10H2,1H3,(H2,15,17,18). The fourth-order valence-electron chi connectivity index (χ4n) is 2.34. The second-order valence-corrected chi connectivity index (χ2v) is 8.20. The number of sulfonamides is 1. The molecule has 112 valence electrons. The molecule has 1 aliphatic rings. The molecule has 0 saturated carbocycles. The Morgan fingerprint density at radius 1 is 1.35 bits per heavy atom. The third kappa shape index (κ3) is 4.48. The molecule has 0 aliphatic carbocycles. The molecular weight excluding hydrogens is 292 g/mol. The number of nitrogens with one attached hydrogen (secondary N) is 1. The summed E-state index contributed by atoms with van der Waals surface area (Å²) in [6.07, 6.45) is 3.96. The summed E-state index contributed by atoms with van der Waals surface area (Å²) in [4.78, 5) is 0.163. The van der Waals surface area contributed by atoms with Crippen molar-refractivity contribution < 1.29 is 8.42 Å². The first-order chi connectivity index (χ1) is 9.47. The summed E-state index contributed by atoms with van der Waals surface area (Å²) < 4.78 is 22.4. The van der Waals surface area contributed by atoms with Crippen LogP contribution in [0.3, 0.4) is 0 Å². The molecule has 0 spiro atoms. The first kappa shape index (κ1) is 15.8. The Bertz CT molecular complexity index is 523. The summed E-state index contributed by atoms with van der Waals surface area (Å²) in [7, 11) is -3.60. The number of primary sulfonamides is 1. The molecule has 1 saturated heterocycles. The zero-order valence-corrected chi connectivity index (χ0v) is 13.3. The molecule has 0 radical (unpaired) electrons. The molecule has 1 aromatic rings. The lowest BCUT2D eigenvalue weighted by Gasteiger charge is -2.24. The van der Waals surface area contributed by atoms with Gasteiger partial charge in [-0.2, -0.15) is 11.8 Å². The van der Waals surface area contributed by atoms with E-state index in [1.54, 1.807) is 12.1 Å². The van der Waals surface area contributed by atoms with Crippen LogP contribution in [0, 0.1) is 0 Å². The Morgan fingerprint density at radius 3 is 2.60 bits per heavy atom. The molecule has 0 bridgehead atoms. The number of benzene rings is 1. The van der Waals surface area contributed by atoms with Crippen molar-refractivity contribution in [3.8, 4) is 0 Å². The first-order valence-electron chi connectivity index (χ1n) is 6.94. The fraction of sp³-hybridized carbons (Fsp3) is 0.571. The highest BCUT2D eigenvalue weighted by Crippen LogP contribution is 2.25. The van der Waals surface area contributed by atoms with Crippen LogP contribution >= 0.6 is 11.8 Å². The average Bonchev–Trinajstić information content (AvgIpc) is 2.45. The van der Waals surface area contributed by atoms with E-state index in [9.17, 15) is 8.42 Å². The minimum absolute atomic E-state index is 0.163. The van der Waals surface area contributed by atoms with E-state index in [0.717, 1.165) is 12.1 Å². The fourth-order valence-corrected chi connectivity index (χ4v) is 4.11. The Labute approximate surface area is 125 Å². The van der Waals surface area contributed by atoms with E-state index in [4.69, 9.17) is 5.14 Å². The van der Waals surface area contributed by atoms with Gasteiger partial charge in [0, 0.05) is 17.8 Å². The first-order valence-corrected chi connectivity index (χ1v) is 9.54. The molecule has 1 aliphatic heterocycles. The van der Waals surface area contributed by atoms with E-state index in [0.29, 0.717) is 5.25 Å². The van der Waals surface area contributed by atoms with E-state index in [1.165, 1.54) is 25.0 Å². The Kier molecular flexibility index (Phi) is 5.49. The number of thioether (sulfide) groups is 1. The van der Waals surface area contributed by atoms with Gasteiger partial charge in [-0.1, -0.05) is 18.6 Å². The van der Waals surface area contributed by atoms with Gasteiger partial charge >= 0.3 is 0 Å². The van der Waals surface area contributed by atoms with Crippen molar-refractivity contribution in [2.45, 2.75) is 42.4 Å². The smallest absolute Gasteiger partial charge is 0.238 e. The molecule has 1 heterocycles. The van der Waals surface area contributed by atoms with Crippen LogP contribution < -0.4 is 10.5 Å². The molecule has 4 nitrogen and oxygen atoms in total. The Hall–Kier alpha value is -0.560. The third-order valence-electron chi connectivity index (χ3n) is 3.63. The van der Waals surface area contributed by atoms with Crippen LogP contribution in [0.1, 0.15) is 37.8 Å². The average molecular weight is 314 g/mol. The number of rotatable bonds is 5. The Morgan fingerprint density at radius 2 is 2.05 bits per heavy atom. The van der Waals surface area contributed by atoms with E-state index >= 15 is 0 Å². The maximum Gasteiger partial charge on any atom is 0.238 e. The summed E-state index contributed by atoms with van der Waals surface area (Å²) in [5, 5.41) is 9.32. The molecule has 20 heavy (non-hydrogen) atoms. The van der Waals surface area contributed by atoms with Crippen molar-refractivity contribution in [3.05, 3.63) is 29.8 Å². The van der Waals surface area contributed by atoms with Gasteiger partial charge in [-0.3, -0.25) is 0 Å². The minimum atomic E-state index is -3.60. The number of hydrogen-bond donors (Lipinski definition) is 2. The van der Waals surface area contributed by atoms with Gasteiger partial charge in [0.1, 0.15) is 0 Å². The molecule has 1 fully saturated rings. The van der Waals surface area contributed by atoms with Crippen LogP contribution in [0.25, 0.3) is 0 Å². The van der Waals surface area contributed by atoms with Crippen LogP contribution in [0.15, 0.2) is 29.2 Å². The van der Waals surface area contributed by atoms with Crippen molar-refractivity contribution in [2.75, 3.05) is 12.3 Å². The molecular formula is C14H22N2O2S2. The van der Waals surface area contributed by atoms with Gasteiger partial charge < -0.3 is 5.32 Å². The molecule has 2 unspecified atom stereocenters. The van der Waals surface area contributed by atoms with Crippen LogP contribution in [-0.4, -0.2) is 26.0 Å².